The molecule has 0 amide bonds. The molecule has 2 fully saturated rings. The van der Waals surface area contributed by atoms with Gasteiger partial charge in [-0.3, -0.25) is 9.79 Å². The Hall–Kier alpha value is -1.56. The average molecular weight is 408 g/mol. The molecule has 1 aliphatic carbocycles. The summed E-state index contributed by atoms with van der Waals surface area (Å²) in [5.41, 5.74) is 1.38. The molecular formula is C19H26BrN3O2. The van der Waals surface area contributed by atoms with Gasteiger partial charge in [0, 0.05) is 36.1 Å². The highest BCUT2D eigenvalue weighted by Gasteiger charge is 2.40. The van der Waals surface area contributed by atoms with Crippen LogP contribution in [0.5, 0.6) is 0 Å². The van der Waals surface area contributed by atoms with E-state index in [2.05, 4.69) is 62.3 Å². The van der Waals surface area contributed by atoms with Gasteiger partial charge in [0.25, 0.3) is 0 Å². The molecule has 6 heteroatoms. The number of esters is 1. The number of carbonyl (C=O) groups excluding carboxylic acids is 1. The van der Waals surface area contributed by atoms with Gasteiger partial charge < -0.3 is 15.0 Å². The van der Waals surface area contributed by atoms with E-state index in [-0.39, 0.29) is 11.9 Å². The Morgan fingerprint density at radius 2 is 2.00 bits per heavy atom. The van der Waals surface area contributed by atoms with E-state index < -0.39 is 0 Å². The third kappa shape index (κ3) is 4.54. The molecule has 2 unspecified atom stereocenters. The van der Waals surface area contributed by atoms with Crippen LogP contribution in [0.15, 0.2) is 33.7 Å². The number of nitrogens with zero attached hydrogens (tertiary/aromatic N) is 2. The Kier molecular flexibility index (Phi) is 5.99. The molecule has 25 heavy (non-hydrogen) atoms. The monoisotopic (exact) mass is 407 g/mol. The fourth-order valence-corrected chi connectivity index (χ4v) is 3.74. The summed E-state index contributed by atoms with van der Waals surface area (Å²) < 4.78 is 5.99. The number of nitrogens with one attached hydrogen (secondary N) is 1. The van der Waals surface area contributed by atoms with Gasteiger partial charge in [-0.15, -0.1) is 0 Å². The topological polar surface area (TPSA) is 53.9 Å². The number of guanidine groups is 1. The minimum absolute atomic E-state index is 0.0283. The van der Waals surface area contributed by atoms with Crippen molar-refractivity contribution in [3.63, 3.8) is 0 Å². The molecule has 2 aliphatic rings. The molecule has 1 N–H and O–H groups in total. The first kappa shape index (κ1) is 18.2. The van der Waals surface area contributed by atoms with Crippen LogP contribution in [0.3, 0.4) is 0 Å². The predicted octanol–water partition coefficient (Wildman–Crippen LogP) is 3.16. The van der Waals surface area contributed by atoms with E-state index in [9.17, 15) is 4.79 Å². The highest BCUT2D eigenvalue weighted by atomic mass is 79.9. The summed E-state index contributed by atoms with van der Waals surface area (Å²) in [5.74, 6) is 1.48. The quantitative estimate of drug-likeness (QED) is 0.473. The minimum Gasteiger partial charge on any atom is -0.469 e. The Labute approximate surface area is 158 Å². The number of carbonyl (C=O) groups is 1. The summed E-state index contributed by atoms with van der Waals surface area (Å²) in [6.07, 6.45) is 2.80. The number of methoxy groups -OCH3 is 1. The second-order valence-corrected chi connectivity index (χ2v) is 7.64. The van der Waals surface area contributed by atoms with Crippen LogP contribution in [0, 0.1) is 5.92 Å². The van der Waals surface area contributed by atoms with Crippen molar-refractivity contribution < 1.29 is 9.53 Å². The van der Waals surface area contributed by atoms with E-state index in [1.807, 2.05) is 0 Å². The van der Waals surface area contributed by atoms with Crippen molar-refractivity contribution in [2.45, 2.75) is 38.1 Å². The van der Waals surface area contributed by atoms with E-state index >= 15 is 0 Å². The third-order valence-corrected chi connectivity index (χ3v) is 5.57. The maximum absolute atomic E-state index is 11.7. The zero-order valence-electron chi connectivity index (χ0n) is 14.9. The summed E-state index contributed by atoms with van der Waals surface area (Å²) >= 11 is 3.49. The normalized spacial score (nSPS) is 24.1. The number of piperidine rings is 1. The van der Waals surface area contributed by atoms with Crippen molar-refractivity contribution in [1.82, 2.24) is 10.2 Å². The van der Waals surface area contributed by atoms with Gasteiger partial charge in [-0.1, -0.05) is 28.1 Å². The largest absolute Gasteiger partial charge is 0.469 e. The van der Waals surface area contributed by atoms with Gasteiger partial charge in [0.05, 0.1) is 13.0 Å². The predicted molar refractivity (Wildman–Crippen MR) is 103 cm³/mol. The Balaban J connectivity index is 1.56. The summed E-state index contributed by atoms with van der Waals surface area (Å²) in [5, 5.41) is 3.63. The van der Waals surface area contributed by atoms with Crippen LogP contribution < -0.4 is 5.32 Å². The molecule has 0 aromatic heterocycles. The fraction of sp³-hybridized carbons (Fsp3) is 0.579. The number of ether oxygens (including phenoxy) is 1. The smallest absolute Gasteiger partial charge is 0.308 e. The molecule has 1 aliphatic heterocycles. The number of rotatable bonds is 4. The van der Waals surface area contributed by atoms with Crippen LogP contribution in [0.1, 0.15) is 37.7 Å². The van der Waals surface area contributed by atoms with Crippen LogP contribution in [-0.4, -0.2) is 49.6 Å². The van der Waals surface area contributed by atoms with Crippen LogP contribution in [-0.2, 0) is 9.53 Å². The van der Waals surface area contributed by atoms with E-state index in [1.54, 1.807) is 0 Å². The van der Waals surface area contributed by atoms with Crippen LogP contribution in [0.4, 0.5) is 0 Å². The molecule has 0 spiro atoms. The van der Waals surface area contributed by atoms with E-state index in [4.69, 9.17) is 4.74 Å². The summed E-state index contributed by atoms with van der Waals surface area (Å²) in [7, 11) is 1.47. The standard InChI is InChI=1S/C19H26BrN3O2/c1-3-21-19(23-10-8-14(9-11-23)18(24)25-2)22-17-12-16(17)13-4-6-15(20)7-5-13/h4-7,14,16-17H,3,8-12H2,1-2H3,(H,21,22). The van der Waals surface area contributed by atoms with Crippen molar-refractivity contribution in [2.75, 3.05) is 26.7 Å². The zero-order valence-corrected chi connectivity index (χ0v) is 16.5. The number of benzene rings is 1. The molecule has 1 heterocycles. The Morgan fingerprint density at radius 3 is 2.60 bits per heavy atom. The Bertz CT molecular complexity index is 624. The first-order chi connectivity index (χ1) is 12.1. The molecule has 136 valence electrons. The molecule has 1 aromatic carbocycles. The SMILES string of the molecule is CCN=C(NC1CC1c1ccc(Br)cc1)N1CCC(C(=O)OC)CC1. The molecule has 1 saturated carbocycles. The van der Waals surface area contributed by atoms with Gasteiger partial charge in [-0.2, -0.15) is 0 Å². The molecule has 2 atom stereocenters. The number of aliphatic imine (C=N–C) groups is 1. The molecule has 5 nitrogen and oxygen atoms in total. The van der Waals surface area contributed by atoms with Crippen molar-refractivity contribution >= 4 is 27.9 Å². The van der Waals surface area contributed by atoms with Gasteiger partial charge in [0.2, 0.25) is 0 Å². The molecular weight excluding hydrogens is 382 g/mol. The van der Waals surface area contributed by atoms with Crippen molar-refractivity contribution in [1.29, 1.82) is 0 Å². The van der Waals surface area contributed by atoms with E-state index in [1.165, 1.54) is 12.7 Å². The van der Waals surface area contributed by atoms with Gasteiger partial charge in [0.15, 0.2) is 5.96 Å². The van der Waals surface area contributed by atoms with Gasteiger partial charge in [-0.05, 0) is 43.9 Å². The van der Waals surface area contributed by atoms with Gasteiger partial charge in [-0.25, -0.2) is 0 Å². The minimum atomic E-state index is -0.0842. The summed E-state index contributed by atoms with van der Waals surface area (Å²) in [6, 6.07) is 9.03. The number of likely N-dealkylation sites (tertiary alicyclic amines) is 1. The lowest BCUT2D eigenvalue weighted by molar-refractivity contribution is -0.146. The lowest BCUT2D eigenvalue weighted by Gasteiger charge is -2.33. The second-order valence-electron chi connectivity index (χ2n) is 6.73. The lowest BCUT2D eigenvalue weighted by Crippen LogP contribution is -2.47. The fourth-order valence-electron chi connectivity index (χ4n) is 3.48. The molecule has 1 aromatic rings. The number of hydrogen-bond donors (Lipinski definition) is 1. The molecule has 0 radical (unpaired) electrons. The van der Waals surface area contributed by atoms with Crippen molar-refractivity contribution in [2.24, 2.45) is 10.9 Å². The number of halogens is 1. The van der Waals surface area contributed by atoms with Crippen LogP contribution >= 0.6 is 15.9 Å². The summed E-state index contributed by atoms with van der Waals surface area (Å²) in [4.78, 5) is 18.6. The van der Waals surface area contributed by atoms with Gasteiger partial charge in [0.1, 0.15) is 0 Å². The number of hydrogen-bond acceptors (Lipinski definition) is 3. The molecule has 1 saturated heterocycles. The third-order valence-electron chi connectivity index (χ3n) is 5.04. The van der Waals surface area contributed by atoms with Crippen LogP contribution in [0.25, 0.3) is 0 Å². The Morgan fingerprint density at radius 1 is 1.32 bits per heavy atom. The maximum Gasteiger partial charge on any atom is 0.308 e. The van der Waals surface area contributed by atoms with Crippen molar-refractivity contribution in [3.05, 3.63) is 34.3 Å². The average Bonchev–Trinajstić information content (AvgIpc) is 3.40. The van der Waals surface area contributed by atoms with Crippen molar-refractivity contribution in [3.8, 4) is 0 Å². The maximum atomic E-state index is 11.7. The second kappa shape index (κ2) is 8.21. The molecule has 3 rings (SSSR count). The first-order valence-electron chi connectivity index (χ1n) is 9.01. The highest BCUT2D eigenvalue weighted by molar-refractivity contribution is 9.10. The van der Waals surface area contributed by atoms with E-state index in [0.717, 1.165) is 49.3 Å². The highest BCUT2D eigenvalue weighted by Crippen LogP contribution is 2.41. The first-order valence-corrected chi connectivity index (χ1v) is 9.81. The van der Waals surface area contributed by atoms with E-state index in [0.29, 0.717) is 12.0 Å². The molecule has 0 bridgehead atoms. The lowest BCUT2D eigenvalue weighted by atomic mass is 9.97. The van der Waals surface area contributed by atoms with Crippen LogP contribution in [0.2, 0.25) is 0 Å². The zero-order chi connectivity index (χ0) is 17.8. The summed E-state index contributed by atoms with van der Waals surface area (Å²) in [6.45, 7) is 4.51. The van der Waals surface area contributed by atoms with Gasteiger partial charge >= 0.3 is 5.97 Å².